The molecule has 20 heavy (non-hydrogen) atoms. The Bertz CT molecular complexity index is 538. The maximum Gasteiger partial charge on any atom is 0.170 e. The minimum Gasteiger partial charge on any atom is -0.308 e. The summed E-state index contributed by atoms with van der Waals surface area (Å²) in [5.74, 6) is 0.844. The zero-order chi connectivity index (χ0) is 13.8. The van der Waals surface area contributed by atoms with Crippen molar-refractivity contribution >= 4 is 0 Å². The highest BCUT2D eigenvalue weighted by Gasteiger charge is 2.20. The average molecular weight is 272 g/mol. The number of tetrazole rings is 1. The molecule has 0 spiro atoms. The second-order valence-corrected chi connectivity index (χ2v) is 5.25. The SMILES string of the molecule is CN1CCCC1CNCc1nnnn1-c1ccccc1. The third-order valence-corrected chi connectivity index (χ3v) is 3.87. The van der Waals surface area contributed by atoms with E-state index in [1.54, 1.807) is 4.68 Å². The van der Waals surface area contributed by atoms with Gasteiger partial charge in [-0.2, -0.15) is 4.68 Å². The van der Waals surface area contributed by atoms with Gasteiger partial charge < -0.3 is 10.2 Å². The first kappa shape index (κ1) is 13.2. The Balaban J connectivity index is 1.60. The molecule has 0 aliphatic carbocycles. The van der Waals surface area contributed by atoms with E-state index in [9.17, 15) is 0 Å². The van der Waals surface area contributed by atoms with Crippen LogP contribution in [0.3, 0.4) is 0 Å². The molecule has 3 rings (SSSR count). The van der Waals surface area contributed by atoms with Gasteiger partial charge in [0.1, 0.15) is 0 Å². The molecule has 1 aliphatic rings. The molecule has 0 amide bonds. The second kappa shape index (κ2) is 6.11. The third-order valence-electron chi connectivity index (χ3n) is 3.87. The van der Waals surface area contributed by atoms with Gasteiger partial charge in [-0.3, -0.25) is 0 Å². The number of likely N-dealkylation sites (N-methyl/N-ethyl adjacent to an activating group) is 1. The molecule has 1 aliphatic heterocycles. The Hall–Kier alpha value is -1.79. The van der Waals surface area contributed by atoms with Crippen molar-refractivity contribution in [2.75, 3.05) is 20.1 Å². The quantitative estimate of drug-likeness (QED) is 0.874. The average Bonchev–Trinajstić information content (AvgIpc) is 3.10. The van der Waals surface area contributed by atoms with Gasteiger partial charge in [-0.05, 0) is 49.0 Å². The Kier molecular flexibility index (Phi) is 4.03. The lowest BCUT2D eigenvalue weighted by molar-refractivity contribution is 0.299. The molecule has 0 bridgehead atoms. The molecule has 1 aromatic carbocycles. The van der Waals surface area contributed by atoms with Gasteiger partial charge in [-0.1, -0.05) is 18.2 Å². The number of rotatable bonds is 5. The molecule has 1 saturated heterocycles. The fourth-order valence-corrected chi connectivity index (χ4v) is 2.67. The van der Waals surface area contributed by atoms with Crippen molar-refractivity contribution in [2.24, 2.45) is 0 Å². The second-order valence-electron chi connectivity index (χ2n) is 5.25. The molecule has 0 radical (unpaired) electrons. The van der Waals surface area contributed by atoms with E-state index in [0.29, 0.717) is 12.6 Å². The van der Waals surface area contributed by atoms with E-state index in [4.69, 9.17) is 0 Å². The van der Waals surface area contributed by atoms with Crippen molar-refractivity contribution in [2.45, 2.75) is 25.4 Å². The summed E-state index contributed by atoms with van der Waals surface area (Å²) in [6.07, 6.45) is 2.57. The molecule has 0 saturated carbocycles. The summed E-state index contributed by atoms with van der Waals surface area (Å²) in [7, 11) is 2.19. The van der Waals surface area contributed by atoms with Gasteiger partial charge in [0.25, 0.3) is 0 Å². The van der Waals surface area contributed by atoms with E-state index in [1.165, 1.54) is 19.4 Å². The van der Waals surface area contributed by atoms with E-state index in [1.807, 2.05) is 30.3 Å². The molecule has 6 heteroatoms. The highest BCUT2D eigenvalue weighted by molar-refractivity contribution is 5.30. The fourth-order valence-electron chi connectivity index (χ4n) is 2.67. The maximum atomic E-state index is 4.10. The summed E-state index contributed by atoms with van der Waals surface area (Å²) >= 11 is 0. The van der Waals surface area contributed by atoms with E-state index < -0.39 is 0 Å². The van der Waals surface area contributed by atoms with Crippen LogP contribution in [-0.2, 0) is 6.54 Å². The first-order valence-corrected chi connectivity index (χ1v) is 7.08. The lowest BCUT2D eigenvalue weighted by Crippen LogP contribution is -2.35. The van der Waals surface area contributed by atoms with Gasteiger partial charge in [0, 0.05) is 12.6 Å². The highest BCUT2D eigenvalue weighted by atomic mass is 15.5. The zero-order valence-corrected chi connectivity index (χ0v) is 11.7. The first-order valence-electron chi connectivity index (χ1n) is 7.08. The van der Waals surface area contributed by atoms with Crippen LogP contribution >= 0.6 is 0 Å². The topological polar surface area (TPSA) is 58.9 Å². The number of nitrogens with zero attached hydrogens (tertiary/aromatic N) is 5. The van der Waals surface area contributed by atoms with Gasteiger partial charge >= 0.3 is 0 Å². The van der Waals surface area contributed by atoms with Crippen LogP contribution in [0.15, 0.2) is 30.3 Å². The molecule has 2 aromatic rings. The largest absolute Gasteiger partial charge is 0.308 e. The van der Waals surface area contributed by atoms with E-state index >= 15 is 0 Å². The summed E-state index contributed by atoms with van der Waals surface area (Å²) in [4.78, 5) is 2.41. The van der Waals surface area contributed by atoms with Crippen LogP contribution in [0.5, 0.6) is 0 Å². The number of benzene rings is 1. The van der Waals surface area contributed by atoms with Gasteiger partial charge in [0.15, 0.2) is 5.82 Å². The maximum absolute atomic E-state index is 4.10. The lowest BCUT2D eigenvalue weighted by Gasteiger charge is -2.19. The van der Waals surface area contributed by atoms with Crippen LogP contribution in [-0.4, -0.2) is 51.3 Å². The van der Waals surface area contributed by atoms with Gasteiger partial charge in [-0.15, -0.1) is 5.10 Å². The highest BCUT2D eigenvalue weighted by Crippen LogP contribution is 2.13. The smallest absolute Gasteiger partial charge is 0.170 e. The summed E-state index contributed by atoms with van der Waals surface area (Å²) in [5.41, 5.74) is 0.993. The van der Waals surface area contributed by atoms with Crippen molar-refractivity contribution in [3.8, 4) is 5.69 Å². The normalized spacial score (nSPS) is 19.6. The third kappa shape index (κ3) is 2.86. The molecule has 1 fully saturated rings. The number of aromatic nitrogens is 4. The van der Waals surface area contributed by atoms with Crippen LogP contribution in [0, 0.1) is 0 Å². The molecule has 1 atom stereocenters. The first-order chi connectivity index (χ1) is 9.84. The van der Waals surface area contributed by atoms with Crippen molar-refractivity contribution in [3.63, 3.8) is 0 Å². The van der Waals surface area contributed by atoms with Crippen LogP contribution in [0.25, 0.3) is 5.69 Å². The van der Waals surface area contributed by atoms with Crippen molar-refractivity contribution < 1.29 is 0 Å². The van der Waals surface area contributed by atoms with Gasteiger partial charge in [0.2, 0.25) is 0 Å². The number of hydrogen-bond acceptors (Lipinski definition) is 5. The van der Waals surface area contributed by atoms with Crippen molar-refractivity contribution in [3.05, 3.63) is 36.2 Å². The van der Waals surface area contributed by atoms with Gasteiger partial charge in [0.05, 0.1) is 12.2 Å². The van der Waals surface area contributed by atoms with Crippen molar-refractivity contribution in [1.29, 1.82) is 0 Å². The Morgan fingerprint density at radius 1 is 1.30 bits per heavy atom. The zero-order valence-electron chi connectivity index (χ0n) is 11.7. The minimum absolute atomic E-state index is 0.635. The Labute approximate surface area is 118 Å². The van der Waals surface area contributed by atoms with Crippen LogP contribution < -0.4 is 5.32 Å². The van der Waals surface area contributed by atoms with Crippen LogP contribution in [0.4, 0.5) is 0 Å². The lowest BCUT2D eigenvalue weighted by atomic mass is 10.2. The summed E-state index contributed by atoms with van der Waals surface area (Å²) in [6.45, 7) is 2.87. The Morgan fingerprint density at radius 3 is 2.90 bits per heavy atom. The molecule has 1 N–H and O–H groups in total. The molecular formula is C14H20N6. The minimum atomic E-state index is 0.635. The van der Waals surface area contributed by atoms with Crippen molar-refractivity contribution in [1.82, 2.24) is 30.4 Å². The van der Waals surface area contributed by atoms with E-state index in [0.717, 1.165) is 18.1 Å². The molecule has 6 nitrogen and oxygen atoms in total. The summed E-state index contributed by atoms with van der Waals surface area (Å²) < 4.78 is 1.78. The molecular weight excluding hydrogens is 252 g/mol. The standard InChI is InChI=1S/C14H20N6/c1-19-9-5-8-13(19)10-15-11-14-16-17-18-20(14)12-6-3-2-4-7-12/h2-4,6-7,13,15H,5,8-11H2,1H3. The number of hydrogen-bond donors (Lipinski definition) is 1. The number of nitrogens with one attached hydrogen (secondary N) is 1. The molecule has 2 heterocycles. The predicted molar refractivity (Wildman–Crippen MR) is 76.5 cm³/mol. The summed E-state index contributed by atoms with van der Waals surface area (Å²) in [6, 6.07) is 10.6. The summed E-state index contributed by atoms with van der Waals surface area (Å²) in [5, 5.41) is 15.4. The van der Waals surface area contributed by atoms with E-state index in [2.05, 4.69) is 32.8 Å². The van der Waals surface area contributed by atoms with Gasteiger partial charge in [-0.25, -0.2) is 0 Å². The fraction of sp³-hybridized carbons (Fsp3) is 0.500. The van der Waals surface area contributed by atoms with E-state index in [-0.39, 0.29) is 0 Å². The molecule has 1 unspecified atom stereocenters. The monoisotopic (exact) mass is 272 g/mol. The molecule has 106 valence electrons. The van der Waals surface area contributed by atoms with Crippen LogP contribution in [0.2, 0.25) is 0 Å². The van der Waals surface area contributed by atoms with Crippen LogP contribution in [0.1, 0.15) is 18.7 Å². The predicted octanol–water partition coefficient (Wildman–Crippen LogP) is 0.846. The Morgan fingerprint density at radius 2 is 2.15 bits per heavy atom. The molecule has 1 aromatic heterocycles. The number of likely N-dealkylation sites (tertiary alicyclic amines) is 1. The number of para-hydroxylation sites is 1.